The highest BCUT2D eigenvalue weighted by Crippen LogP contribution is 2.25. The number of rotatable bonds is 4. The molecule has 16 heavy (non-hydrogen) atoms. The minimum atomic E-state index is -4.33. The fourth-order valence-electron chi connectivity index (χ4n) is 1.09. The van der Waals surface area contributed by atoms with Crippen molar-refractivity contribution in [1.82, 2.24) is 4.98 Å². The lowest BCUT2D eigenvalue weighted by atomic mass is 10.3. The Kier molecular flexibility index (Phi) is 3.98. The summed E-state index contributed by atoms with van der Waals surface area (Å²) in [6, 6.07) is 1.49. The van der Waals surface area contributed by atoms with Crippen molar-refractivity contribution in [2.45, 2.75) is 26.1 Å². The van der Waals surface area contributed by atoms with Gasteiger partial charge in [-0.2, -0.15) is 13.2 Å². The normalized spacial score (nSPS) is 11.6. The van der Waals surface area contributed by atoms with Crippen LogP contribution >= 0.6 is 0 Å². The van der Waals surface area contributed by atoms with Gasteiger partial charge in [-0.15, -0.1) is 0 Å². The summed E-state index contributed by atoms with van der Waals surface area (Å²) in [6.07, 6.45) is -1.51. The highest BCUT2D eigenvalue weighted by atomic mass is 19.4. The van der Waals surface area contributed by atoms with Gasteiger partial charge >= 0.3 is 6.18 Å². The van der Waals surface area contributed by atoms with Gasteiger partial charge in [-0.05, 0) is 13.8 Å². The third-order valence-electron chi connectivity index (χ3n) is 1.62. The first kappa shape index (κ1) is 12.6. The molecule has 0 fully saturated rings. The molecule has 0 bridgehead atoms. The number of pyridine rings is 1. The summed E-state index contributed by atoms with van der Waals surface area (Å²) in [4.78, 5) is 3.82. The Balaban J connectivity index is 2.71. The summed E-state index contributed by atoms with van der Waals surface area (Å²) in [7, 11) is 0. The van der Waals surface area contributed by atoms with Crippen molar-refractivity contribution < 1.29 is 17.9 Å². The monoisotopic (exact) mass is 234 g/mol. The molecule has 0 spiro atoms. The molecule has 90 valence electrons. The predicted octanol–water partition coefficient (Wildman–Crippen LogP) is 2.84. The number of hydrogen-bond acceptors (Lipinski definition) is 3. The second kappa shape index (κ2) is 5.05. The van der Waals surface area contributed by atoms with Crippen molar-refractivity contribution in [3.63, 3.8) is 0 Å². The minimum Gasteiger partial charge on any atom is -0.482 e. The number of hydrogen-bond donors (Lipinski definition) is 1. The molecule has 0 aliphatic rings. The van der Waals surface area contributed by atoms with E-state index >= 15 is 0 Å². The van der Waals surface area contributed by atoms with Gasteiger partial charge in [0, 0.05) is 18.3 Å². The zero-order valence-corrected chi connectivity index (χ0v) is 9.01. The van der Waals surface area contributed by atoms with Crippen molar-refractivity contribution >= 4 is 5.69 Å². The molecule has 0 aliphatic carbocycles. The van der Waals surface area contributed by atoms with Crippen LogP contribution in [0.2, 0.25) is 0 Å². The van der Waals surface area contributed by atoms with E-state index in [2.05, 4.69) is 15.0 Å². The summed E-state index contributed by atoms with van der Waals surface area (Å²) in [5, 5.41) is 2.95. The number of alkyl halides is 3. The largest absolute Gasteiger partial charge is 0.482 e. The minimum absolute atomic E-state index is 0.0948. The van der Waals surface area contributed by atoms with Gasteiger partial charge in [0.15, 0.2) is 6.61 Å². The number of halogens is 3. The number of aromatic nitrogens is 1. The van der Waals surface area contributed by atoms with E-state index in [1.54, 1.807) is 0 Å². The second-order valence-electron chi connectivity index (χ2n) is 3.57. The highest BCUT2D eigenvalue weighted by molar-refractivity contribution is 5.54. The Morgan fingerprint density at radius 3 is 2.69 bits per heavy atom. The van der Waals surface area contributed by atoms with Gasteiger partial charge in [0.2, 0.25) is 0 Å². The molecule has 6 heteroatoms. The fourth-order valence-corrected chi connectivity index (χ4v) is 1.09. The zero-order chi connectivity index (χ0) is 12.2. The summed E-state index contributed by atoms with van der Waals surface area (Å²) in [5.74, 6) is 0.154. The van der Waals surface area contributed by atoms with Gasteiger partial charge in [0.05, 0.1) is 11.9 Å². The first-order chi connectivity index (χ1) is 7.38. The first-order valence-electron chi connectivity index (χ1n) is 4.78. The third kappa shape index (κ3) is 4.37. The first-order valence-corrected chi connectivity index (χ1v) is 4.78. The molecule has 0 atom stereocenters. The Hall–Kier alpha value is -1.46. The van der Waals surface area contributed by atoms with E-state index in [1.165, 1.54) is 18.5 Å². The van der Waals surface area contributed by atoms with Gasteiger partial charge < -0.3 is 10.1 Å². The molecular formula is C10H13F3N2O. The molecule has 0 saturated carbocycles. The maximum absolute atomic E-state index is 12.0. The lowest BCUT2D eigenvalue weighted by molar-refractivity contribution is -0.153. The topological polar surface area (TPSA) is 34.2 Å². The van der Waals surface area contributed by atoms with Gasteiger partial charge in [-0.1, -0.05) is 0 Å². The molecular weight excluding hydrogens is 221 g/mol. The molecule has 0 aliphatic heterocycles. The van der Waals surface area contributed by atoms with Gasteiger partial charge in [0.25, 0.3) is 0 Å². The van der Waals surface area contributed by atoms with Crippen LogP contribution in [0.3, 0.4) is 0 Å². The van der Waals surface area contributed by atoms with Gasteiger partial charge in [-0.25, -0.2) is 0 Å². The van der Waals surface area contributed by atoms with Gasteiger partial charge in [-0.3, -0.25) is 4.98 Å². The number of nitrogens with one attached hydrogen (secondary N) is 1. The van der Waals surface area contributed by atoms with E-state index in [0.29, 0.717) is 5.69 Å². The molecule has 0 amide bonds. The smallest absolute Gasteiger partial charge is 0.422 e. The third-order valence-corrected chi connectivity index (χ3v) is 1.62. The average molecular weight is 234 g/mol. The quantitative estimate of drug-likeness (QED) is 0.869. The van der Waals surface area contributed by atoms with Crippen molar-refractivity contribution in [2.75, 3.05) is 11.9 Å². The van der Waals surface area contributed by atoms with E-state index in [-0.39, 0.29) is 11.8 Å². The van der Waals surface area contributed by atoms with Crippen LogP contribution in [0.5, 0.6) is 5.75 Å². The van der Waals surface area contributed by atoms with Crippen LogP contribution in [0.25, 0.3) is 0 Å². The number of nitrogens with zero attached hydrogens (tertiary/aromatic N) is 1. The van der Waals surface area contributed by atoms with E-state index in [1.807, 2.05) is 13.8 Å². The van der Waals surface area contributed by atoms with Crippen LogP contribution in [0.15, 0.2) is 18.5 Å². The predicted molar refractivity (Wildman–Crippen MR) is 54.5 cm³/mol. The second-order valence-corrected chi connectivity index (χ2v) is 3.57. The van der Waals surface area contributed by atoms with Crippen LogP contribution in [-0.2, 0) is 0 Å². The van der Waals surface area contributed by atoms with Crippen molar-refractivity contribution in [2.24, 2.45) is 0 Å². The Bertz CT molecular complexity index is 339. The van der Waals surface area contributed by atoms with Crippen LogP contribution < -0.4 is 10.1 Å². The average Bonchev–Trinajstić information content (AvgIpc) is 2.14. The maximum Gasteiger partial charge on any atom is 0.422 e. The molecule has 1 rings (SSSR count). The maximum atomic E-state index is 12.0. The molecule has 0 unspecified atom stereocenters. The van der Waals surface area contributed by atoms with E-state index in [9.17, 15) is 13.2 Å². The summed E-state index contributed by atoms with van der Waals surface area (Å²) in [6.45, 7) is 2.45. The van der Waals surface area contributed by atoms with Crippen molar-refractivity contribution in [1.29, 1.82) is 0 Å². The van der Waals surface area contributed by atoms with Crippen LogP contribution in [0.4, 0.5) is 18.9 Å². The fraction of sp³-hybridized carbons (Fsp3) is 0.500. The lowest BCUT2D eigenvalue weighted by Crippen LogP contribution is -2.20. The molecule has 1 N–H and O–H groups in total. The van der Waals surface area contributed by atoms with Crippen molar-refractivity contribution in [3.8, 4) is 5.75 Å². The van der Waals surface area contributed by atoms with Gasteiger partial charge in [0.1, 0.15) is 5.75 Å². The standard InChI is InChI=1S/C10H13F3N2O/c1-7(2)15-8-5-14-4-3-9(8)16-6-10(11,12)13/h3-5,7,15H,6H2,1-2H3. The summed E-state index contributed by atoms with van der Waals surface area (Å²) in [5.41, 5.74) is 0.460. The van der Waals surface area contributed by atoms with Crippen molar-refractivity contribution in [3.05, 3.63) is 18.5 Å². The highest BCUT2D eigenvalue weighted by Gasteiger charge is 2.28. The lowest BCUT2D eigenvalue weighted by Gasteiger charge is -2.15. The Morgan fingerprint density at radius 2 is 2.12 bits per heavy atom. The van der Waals surface area contributed by atoms with Crippen LogP contribution in [0.1, 0.15) is 13.8 Å². The number of anilines is 1. The van der Waals surface area contributed by atoms with Crippen LogP contribution in [0, 0.1) is 0 Å². The molecule has 3 nitrogen and oxygen atoms in total. The SMILES string of the molecule is CC(C)Nc1cnccc1OCC(F)(F)F. The molecule has 0 radical (unpaired) electrons. The Labute approximate surface area is 91.6 Å². The Morgan fingerprint density at radius 1 is 1.44 bits per heavy atom. The van der Waals surface area contributed by atoms with E-state index < -0.39 is 12.8 Å². The van der Waals surface area contributed by atoms with E-state index in [0.717, 1.165) is 0 Å². The summed E-state index contributed by atoms with van der Waals surface area (Å²) >= 11 is 0. The molecule has 0 saturated heterocycles. The molecule has 1 aromatic heterocycles. The molecule has 1 heterocycles. The summed E-state index contributed by atoms with van der Waals surface area (Å²) < 4.78 is 40.6. The van der Waals surface area contributed by atoms with E-state index in [4.69, 9.17) is 0 Å². The molecule has 0 aromatic carbocycles. The zero-order valence-electron chi connectivity index (χ0n) is 9.01. The number of ether oxygens (including phenoxy) is 1. The molecule has 1 aromatic rings. The van der Waals surface area contributed by atoms with Crippen LogP contribution in [-0.4, -0.2) is 23.8 Å².